The van der Waals surface area contributed by atoms with Crippen molar-refractivity contribution in [3.05, 3.63) is 40.0 Å². The summed E-state index contributed by atoms with van der Waals surface area (Å²) in [4.78, 5) is 23.2. The van der Waals surface area contributed by atoms with Crippen LogP contribution in [0.4, 0.5) is 5.69 Å². The van der Waals surface area contributed by atoms with Gasteiger partial charge in [0, 0.05) is 11.2 Å². The molecule has 0 aliphatic heterocycles. The molecule has 1 unspecified atom stereocenters. The first-order chi connectivity index (χ1) is 11.4. The van der Waals surface area contributed by atoms with E-state index in [1.165, 1.54) is 17.8 Å². The minimum Gasteiger partial charge on any atom is -0.480 e. The molecule has 0 heterocycles. The van der Waals surface area contributed by atoms with Crippen LogP contribution in [0.2, 0.25) is 10.0 Å². The highest BCUT2D eigenvalue weighted by molar-refractivity contribution is 7.98. The Kier molecular flexibility index (Phi) is 8.47. The standard InChI is InChI=1S/C15H15Cl2N3O3S/c1-24-5-4-13(15(22)23)20-14(21)9(7-18)8-19-12-3-2-10(16)6-11(12)17/h2-3,6,8,13,19H,4-5H2,1H3,(H,20,21)(H,22,23)/b9-8-. The second-order valence-electron chi connectivity index (χ2n) is 4.58. The van der Waals surface area contributed by atoms with Gasteiger partial charge in [0.2, 0.25) is 0 Å². The lowest BCUT2D eigenvalue weighted by molar-refractivity contribution is -0.141. The number of anilines is 1. The van der Waals surface area contributed by atoms with Gasteiger partial charge < -0.3 is 15.7 Å². The average molecular weight is 388 g/mol. The van der Waals surface area contributed by atoms with Crippen LogP contribution in [-0.4, -0.2) is 35.0 Å². The highest BCUT2D eigenvalue weighted by Crippen LogP contribution is 2.25. The lowest BCUT2D eigenvalue weighted by atomic mass is 10.2. The van der Waals surface area contributed by atoms with E-state index in [1.54, 1.807) is 18.2 Å². The van der Waals surface area contributed by atoms with Gasteiger partial charge >= 0.3 is 5.97 Å². The second kappa shape index (κ2) is 10.1. The summed E-state index contributed by atoms with van der Waals surface area (Å²) < 4.78 is 0. The molecular weight excluding hydrogens is 373 g/mol. The minimum absolute atomic E-state index is 0.261. The molecule has 128 valence electrons. The first-order valence-electron chi connectivity index (χ1n) is 6.73. The Morgan fingerprint density at radius 2 is 2.17 bits per heavy atom. The number of hydrogen-bond acceptors (Lipinski definition) is 5. The highest BCUT2D eigenvalue weighted by atomic mass is 35.5. The maximum absolute atomic E-state index is 12.0. The van der Waals surface area contributed by atoms with E-state index >= 15 is 0 Å². The lowest BCUT2D eigenvalue weighted by Gasteiger charge is -2.13. The van der Waals surface area contributed by atoms with Crippen molar-refractivity contribution < 1.29 is 14.7 Å². The normalized spacial score (nSPS) is 12.2. The molecule has 3 N–H and O–H groups in total. The summed E-state index contributed by atoms with van der Waals surface area (Å²) >= 11 is 13.2. The van der Waals surface area contributed by atoms with Crippen molar-refractivity contribution >= 4 is 52.5 Å². The van der Waals surface area contributed by atoms with Crippen LogP contribution in [0.3, 0.4) is 0 Å². The van der Waals surface area contributed by atoms with Gasteiger partial charge in [-0.2, -0.15) is 17.0 Å². The number of carbonyl (C=O) groups is 2. The molecule has 0 saturated carbocycles. The van der Waals surface area contributed by atoms with Gasteiger partial charge in [0.25, 0.3) is 5.91 Å². The number of thioether (sulfide) groups is 1. The van der Waals surface area contributed by atoms with Gasteiger partial charge in [-0.25, -0.2) is 4.79 Å². The lowest BCUT2D eigenvalue weighted by Crippen LogP contribution is -2.41. The van der Waals surface area contributed by atoms with Crippen molar-refractivity contribution in [1.29, 1.82) is 5.26 Å². The Bertz CT molecular complexity index is 689. The number of nitrogens with one attached hydrogen (secondary N) is 2. The molecule has 0 aromatic heterocycles. The van der Waals surface area contributed by atoms with E-state index in [0.29, 0.717) is 21.5 Å². The summed E-state index contributed by atoms with van der Waals surface area (Å²) in [5, 5.41) is 24.0. The van der Waals surface area contributed by atoms with Crippen LogP contribution in [0, 0.1) is 11.3 Å². The molecule has 0 spiro atoms. The number of halogens is 2. The first-order valence-corrected chi connectivity index (χ1v) is 8.88. The summed E-state index contributed by atoms with van der Waals surface area (Å²) in [6, 6.07) is 5.36. The molecule has 1 amide bonds. The number of benzene rings is 1. The molecular formula is C15H15Cl2N3O3S. The molecule has 1 aromatic carbocycles. The largest absolute Gasteiger partial charge is 0.480 e. The quantitative estimate of drug-likeness (QED) is 0.467. The molecule has 0 saturated heterocycles. The van der Waals surface area contributed by atoms with Gasteiger partial charge in [-0.3, -0.25) is 4.79 Å². The second-order valence-corrected chi connectivity index (χ2v) is 6.41. The van der Waals surface area contributed by atoms with E-state index in [2.05, 4.69) is 10.6 Å². The number of carboxylic acid groups (broad SMARTS) is 1. The predicted molar refractivity (Wildman–Crippen MR) is 96.3 cm³/mol. The zero-order valence-corrected chi connectivity index (χ0v) is 15.0. The molecule has 0 aliphatic rings. The van der Waals surface area contributed by atoms with Crippen LogP contribution in [0.1, 0.15) is 6.42 Å². The third-order valence-corrected chi connectivity index (χ3v) is 4.07. The number of carboxylic acids is 1. The van der Waals surface area contributed by atoms with E-state index in [4.69, 9.17) is 33.6 Å². The van der Waals surface area contributed by atoms with Crippen LogP contribution < -0.4 is 10.6 Å². The predicted octanol–water partition coefficient (Wildman–Crippen LogP) is 3.14. The maximum Gasteiger partial charge on any atom is 0.326 e. The van der Waals surface area contributed by atoms with Gasteiger partial charge in [0.1, 0.15) is 17.7 Å². The zero-order valence-electron chi connectivity index (χ0n) is 12.7. The van der Waals surface area contributed by atoms with Crippen LogP contribution >= 0.6 is 35.0 Å². The van der Waals surface area contributed by atoms with Crippen molar-refractivity contribution in [2.24, 2.45) is 0 Å². The molecule has 0 radical (unpaired) electrons. The SMILES string of the molecule is CSCCC(NC(=O)/C(C#N)=C\Nc1ccc(Cl)cc1Cl)C(=O)O. The van der Waals surface area contributed by atoms with E-state index in [-0.39, 0.29) is 12.0 Å². The fraction of sp³-hybridized carbons (Fsp3) is 0.267. The maximum atomic E-state index is 12.0. The fourth-order valence-corrected chi connectivity index (χ4v) is 2.57. The van der Waals surface area contributed by atoms with Crippen molar-refractivity contribution in [2.75, 3.05) is 17.3 Å². The van der Waals surface area contributed by atoms with E-state index in [9.17, 15) is 9.59 Å². The van der Waals surface area contributed by atoms with Gasteiger partial charge in [0.05, 0.1) is 10.7 Å². The highest BCUT2D eigenvalue weighted by Gasteiger charge is 2.21. The summed E-state index contributed by atoms with van der Waals surface area (Å²) in [5.41, 5.74) is 0.190. The van der Waals surface area contributed by atoms with Gasteiger partial charge in [-0.15, -0.1) is 0 Å². The molecule has 0 fully saturated rings. The molecule has 1 rings (SSSR count). The number of nitriles is 1. The van der Waals surface area contributed by atoms with E-state index < -0.39 is 17.9 Å². The van der Waals surface area contributed by atoms with Crippen LogP contribution in [0.15, 0.2) is 30.0 Å². The minimum atomic E-state index is -1.15. The average Bonchev–Trinajstić information content (AvgIpc) is 2.53. The fourth-order valence-electron chi connectivity index (χ4n) is 1.63. The number of amides is 1. The summed E-state index contributed by atoms with van der Waals surface area (Å²) in [6.07, 6.45) is 3.26. The smallest absolute Gasteiger partial charge is 0.326 e. The van der Waals surface area contributed by atoms with Crippen LogP contribution in [-0.2, 0) is 9.59 Å². The van der Waals surface area contributed by atoms with Crippen molar-refractivity contribution in [3.8, 4) is 6.07 Å². The zero-order chi connectivity index (χ0) is 18.1. The molecule has 6 nitrogen and oxygen atoms in total. The van der Waals surface area contributed by atoms with Crippen molar-refractivity contribution in [1.82, 2.24) is 5.32 Å². The number of rotatable bonds is 8. The van der Waals surface area contributed by atoms with Crippen molar-refractivity contribution in [3.63, 3.8) is 0 Å². The molecule has 24 heavy (non-hydrogen) atoms. The number of aliphatic carboxylic acids is 1. The van der Waals surface area contributed by atoms with E-state index in [1.807, 2.05) is 6.26 Å². The van der Waals surface area contributed by atoms with Gasteiger partial charge in [-0.1, -0.05) is 23.2 Å². The Morgan fingerprint density at radius 3 is 2.71 bits per heavy atom. The Hall–Kier alpha value is -1.88. The number of nitrogens with zero attached hydrogens (tertiary/aromatic N) is 1. The third-order valence-electron chi connectivity index (χ3n) is 2.88. The van der Waals surface area contributed by atoms with Gasteiger partial charge in [-0.05, 0) is 36.6 Å². The monoisotopic (exact) mass is 387 g/mol. The molecule has 1 aromatic rings. The topological polar surface area (TPSA) is 102 Å². The Balaban J connectivity index is 2.81. The number of carbonyl (C=O) groups excluding carboxylic acids is 1. The number of hydrogen-bond donors (Lipinski definition) is 3. The summed E-state index contributed by atoms with van der Waals surface area (Å²) in [6.45, 7) is 0. The molecule has 0 bridgehead atoms. The van der Waals surface area contributed by atoms with Crippen LogP contribution in [0.5, 0.6) is 0 Å². The Labute approximate surface area is 153 Å². The van der Waals surface area contributed by atoms with E-state index in [0.717, 1.165) is 6.20 Å². The molecule has 9 heteroatoms. The first kappa shape index (κ1) is 20.2. The Morgan fingerprint density at radius 1 is 1.46 bits per heavy atom. The summed E-state index contributed by atoms with van der Waals surface area (Å²) in [7, 11) is 0. The van der Waals surface area contributed by atoms with Gasteiger partial charge in [0.15, 0.2) is 0 Å². The summed E-state index contributed by atoms with van der Waals surface area (Å²) in [5.74, 6) is -1.35. The molecule has 0 aliphatic carbocycles. The third kappa shape index (κ3) is 6.32. The van der Waals surface area contributed by atoms with Crippen LogP contribution in [0.25, 0.3) is 0 Å². The van der Waals surface area contributed by atoms with Crippen molar-refractivity contribution in [2.45, 2.75) is 12.5 Å². The molecule has 1 atom stereocenters.